The quantitative estimate of drug-likeness (QED) is 0.335. The second-order valence-corrected chi connectivity index (χ2v) is 7.86. The second kappa shape index (κ2) is 8.74. The number of aromatic nitrogens is 2. The second-order valence-electron chi connectivity index (χ2n) is 7.86. The number of rotatable bonds is 6. The maximum atomic E-state index is 13.2. The number of hydrogen-bond donors (Lipinski definition) is 1. The Balaban J connectivity index is 1.51. The predicted octanol–water partition coefficient (Wildman–Crippen LogP) is 5.10. The Labute approximate surface area is 190 Å². The molecule has 1 aliphatic carbocycles. The fraction of sp³-hybridized carbons (Fsp3) is 0.148. The van der Waals surface area contributed by atoms with Crippen molar-refractivity contribution >= 4 is 34.3 Å². The van der Waals surface area contributed by atoms with Gasteiger partial charge >= 0.3 is 5.97 Å². The molecule has 2 heterocycles. The Morgan fingerprint density at radius 1 is 1.03 bits per heavy atom. The maximum Gasteiger partial charge on any atom is 0.339 e. The van der Waals surface area contributed by atoms with Crippen LogP contribution < -0.4 is 4.74 Å². The number of para-hydroxylation sites is 1. The molecular weight excluding hydrogens is 416 g/mol. The number of aromatic amines is 1. The van der Waals surface area contributed by atoms with E-state index in [1.807, 2.05) is 48.5 Å². The number of fused-ring (bicyclic) bond motifs is 2. The van der Waals surface area contributed by atoms with Gasteiger partial charge in [-0.05, 0) is 65.9 Å². The number of carbonyl (C=O) groups is 2. The van der Waals surface area contributed by atoms with E-state index in [9.17, 15) is 9.59 Å². The largest absolute Gasteiger partial charge is 0.497 e. The molecule has 0 amide bonds. The number of methoxy groups -OCH3 is 1. The molecule has 0 saturated heterocycles. The molecule has 0 unspecified atom stereocenters. The van der Waals surface area contributed by atoms with Gasteiger partial charge in [0.15, 0.2) is 6.61 Å². The first-order valence-electron chi connectivity index (χ1n) is 10.7. The zero-order valence-corrected chi connectivity index (χ0v) is 18.1. The maximum absolute atomic E-state index is 13.2. The number of ether oxygens (including phenoxy) is 2. The highest BCUT2D eigenvalue weighted by molar-refractivity contribution is 6.08. The van der Waals surface area contributed by atoms with Crippen molar-refractivity contribution in [2.75, 3.05) is 13.7 Å². The van der Waals surface area contributed by atoms with Gasteiger partial charge in [0, 0.05) is 11.6 Å². The number of carbonyl (C=O) groups excluding carboxylic acids is 2. The van der Waals surface area contributed by atoms with Gasteiger partial charge in [0.25, 0.3) is 0 Å². The summed E-state index contributed by atoms with van der Waals surface area (Å²) in [5.74, 6) is 0.0194. The molecule has 1 N–H and O–H groups in total. The molecule has 0 bridgehead atoms. The number of nitrogens with one attached hydrogen (secondary N) is 1. The van der Waals surface area contributed by atoms with Gasteiger partial charge in [-0.2, -0.15) is 0 Å². The average Bonchev–Trinajstić information content (AvgIpc) is 3.52. The smallest absolute Gasteiger partial charge is 0.339 e. The van der Waals surface area contributed by atoms with E-state index in [-0.39, 0.29) is 12.4 Å². The number of benzene rings is 2. The van der Waals surface area contributed by atoms with Gasteiger partial charge in [0.2, 0.25) is 5.78 Å². The first-order valence-corrected chi connectivity index (χ1v) is 10.7. The van der Waals surface area contributed by atoms with Crippen LogP contribution in [0, 0.1) is 0 Å². The minimum atomic E-state index is -0.504. The molecule has 6 heteroatoms. The van der Waals surface area contributed by atoms with Crippen LogP contribution in [0.2, 0.25) is 0 Å². The van der Waals surface area contributed by atoms with Crippen molar-refractivity contribution in [2.45, 2.75) is 12.8 Å². The Morgan fingerprint density at radius 2 is 1.85 bits per heavy atom. The summed E-state index contributed by atoms with van der Waals surface area (Å²) in [4.78, 5) is 33.2. The summed E-state index contributed by atoms with van der Waals surface area (Å²) in [5.41, 5.74) is 5.41. The zero-order valence-electron chi connectivity index (χ0n) is 18.1. The highest BCUT2D eigenvalue weighted by Gasteiger charge is 2.28. The van der Waals surface area contributed by atoms with Gasteiger partial charge in [0.05, 0.1) is 29.6 Å². The van der Waals surface area contributed by atoms with Crippen molar-refractivity contribution in [3.63, 3.8) is 0 Å². The summed E-state index contributed by atoms with van der Waals surface area (Å²) < 4.78 is 10.7. The summed E-state index contributed by atoms with van der Waals surface area (Å²) in [7, 11) is 1.64. The third-order valence-corrected chi connectivity index (χ3v) is 5.84. The van der Waals surface area contributed by atoms with E-state index in [0.717, 1.165) is 45.5 Å². The number of ketones is 1. The van der Waals surface area contributed by atoms with Crippen LogP contribution in [-0.4, -0.2) is 35.4 Å². The lowest BCUT2D eigenvalue weighted by atomic mass is 10.0. The van der Waals surface area contributed by atoms with E-state index in [0.29, 0.717) is 17.7 Å². The number of hydrogen-bond acceptors (Lipinski definition) is 5. The molecule has 0 spiro atoms. The summed E-state index contributed by atoms with van der Waals surface area (Å²) in [6, 6.07) is 18.7. The van der Waals surface area contributed by atoms with Crippen LogP contribution in [-0.2, 0) is 11.2 Å². The van der Waals surface area contributed by atoms with E-state index in [1.165, 1.54) is 0 Å². The van der Waals surface area contributed by atoms with E-state index in [4.69, 9.17) is 14.5 Å². The molecule has 0 atom stereocenters. The van der Waals surface area contributed by atoms with Gasteiger partial charge in [-0.25, -0.2) is 9.78 Å². The molecule has 1 aliphatic rings. The van der Waals surface area contributed by atoms with Crippen molar-refractivity contribution < 1.29 is 19.1 Å². The van der Waals surface area contributed by atoms with Crippen LogP contribution in [0.5, 0.6) is 5.75 Å². The van der Waals surface area contributed by atoms with Gasteiger partial charge in [-0.1, -0.05) is 30.3 Å². The molecule has 2 aromatic carbocycles. The lowest BCUT2D eigenvalue weighted by Crippen LogP contribution is -2.16. The van der Waals surface area contributed by atoms with Crippen molar-refractivity contribution in [3.8, 4) is 5.75 Å². The first kappa shape index (κ1) is 20.7. The van der Waals surface area contributed by atoms with E-state index in [1.54, 1.807) is 25.4 Å². The van der Waals surface area contributed by atoms with Crippen LogP contribution in [0.1, 0.15) is 44.1 Å². The molecule has 164 valence electrons. The predicted molar refractivity (Wildman–Crippen MR) is 126 cm³/mol. The molecule has 6 nitrogen and oxygen atoms in total. The van der Waals surface area contributed by atoms with E-state index in [2.05, 4.69) is 11.1 Å². The van der Waals surface area contributed by atoms with Gasteiger partial charge in [0.1, 0.15) is 5.75 Å². The molecular formula is C27H22N2O4. The van der Waals surface area contributed by atoms with Crippen LogP contribution in [0.25, 0.3) is 22.6 Å². The molecule has 0 aliphatic heterocycles. The lowest BCUT2D eigenvalue weighted by Gasteiger charge is -2.12. The Bertz CT molecular complexity index is 1370. The van der Waals surface area contributed by atoms with Crippen molar-refractivity contribution in [1.82, 2.24) is 9.97 Å². The molecule has 5 rings (SSSR count). The number of esters is 1. The van der Waals surface area contributed by atoms with Gasteiger partial charge in [-0.15, -0.1) is 0 Å². The number of H-pyrrole nitrogens is 1. The monoisotopic (exact) mass is 438 g/mol. The number of allylic oxidation sites excluding steroid dienone is 1. The van der Waals surface area contributed by atoms with Crippen LogP contribution in [0.3, 0.4) is 0 Å². The molecule has 0 saturated carbocycles. The third-order valence-electron chi connectivity index (χ3n) is 5.84. The topological polar surface area (TPSA) is 81.3 Å². The molecule has 4 aromatic rings. The molecule has 0 fully saturated rings. The van der Waals surface area contributed by atoms with Crippen molar-refractivity contribution in [1.29, 1.82) is 0 Å². The van der Waals surface area contributed by atoms with Crippen molar-refractivity contribution in [2.24, 2.45) is 0 Å². The Hall–Kier alpha value is -4.19. The fourth-order valence-corrected chi connectivity index (χ4v) is 4.20. The highest BCUT2D eigenvalue weighted by atomic mass is 16.5. The number of Topliss-reactive ketones (excluding diaryl/α,β-unsaturated/α-hetero) is 1. The standard InChI is InChI=1S/C27H22N2O4/c1-32-19-11-8-17(9-12-19)15-18-10-13-21-25(20-5-2-3-6-22(20)29-26(18)21)27(31)33-16-24(30)23-7-4-14-28-23/h2-9,11-12,14-15,28H,10,13,16H2,1H3/b18-15+. The summed E-state index contributed by atoms with van der Waals surface area (Å²) >= 11 is 0. The van der Waals surface area contributed by atoms with Gasteiger partial charge < -0.3 is 14.5 Å². The summed E-state index contributed by atoms with van der Waals surface area (Å²) in [5, 5.41) is 0.735. The zero-order chi connectivity index (χ0) is 22.8. The SMILES string of the molecule is COc1ccc(/C=C2\CCc3c2nc2ccccc2c3C(=O)OCC(=O)c2ccc[nH]2)cc1. The van der Waals surface area contributed by atoms with Crippen molar-refractivity contribution in [3.05, 3.63) is 94.9 Å². The van der Waals surface area contributed by atoms with Crippen LogP contribution in [0.15, 0.2) is 66.9 Å². The Morgan fingerprint density at radius 3 is 2.61 bits per heavy atom. The van der Waals surface area contributed by atoms with Crippen LogP contribution in [0.4, 0.5) is 0 Å². The van der Waals surface area contributed by atoms with Crippen LogP contribution >= 0.6 is 0 Å². The Kier molecular flexibility index (Phi) is 5.48. The number of pyridine rings is 1. The minimum Gasteiger partial charge on any atom is -0.497 e. The molecule has 0 radical (unpaired) electrons. The average molecular weight is 438 g/mol. The first-order chi connectivity index (χ1) is 16.1. The van der Waals surface area contributed by atoms with Gasteiger partial charge in [-0.3, -0.25) is 4.79 Å². The van der Waals surface area contributed by atoms with E-state index >= 15 is 0 Å². The summed E-state index contributed by atoms with van der Waals surface area (Å²) in [6.07, 6.45) is 5.21. The minimum absolute atomic E-state index is 0.275. The van der Waals surface area contributed by atoms with E-state index < -0.39 is 5.97 Å². The fourth-order valence-electron chi connectivity index (χ4n) is 4.20. The lowest BCUT2D eigenvalue weighted by molar-refractivity contribution is 0.0474. The normalized spacial score (nSPS) is 13.8. The molecule has 33 heavy (non-hydrogen) atoms. The summed E-state index contributed by atoms with van der Waals surface area (Å²) in [6.45, 7) is -0.320. The highest BCUT2D eigenvalue weighted by Crippen LogP contribution is 2.38. The number of nitrogens with zero attached hydrogens (tertiary/aromatic N) is 1. The third kappa shape index (κ3) is 4.03. The molecule has 2 aromatic heterocycles.